The Morgan fingerprint density at radius 1 is 1.22 bits per heavy atom. The first-order valence-corrected chi connectivity index (χ1v) is 5.36. The van der Waals surface area contributed by atoms with Gasteiger partial charge in [0.05, 0.1) is 0 Å². The fourth-order valence-electron chi connectivity index (χ4n) is 1.33. The van der Waals surface area contributed by atoms with Crippen LogP contribution in [-0.4, -0.2) is 27.5 Å². The van der Waals surface area contributed by atoms with Gasteiger partial charge in [-0.15, -0.1) is 0 Å². The van der Waals surface area contributed by atoms with Gasteiger partial charge in [-0.2, -0.15) is 4.98 Å². The van der Waals surface area contributed by atoms with E-state index in [1.54, 1.807) is 13.2 Å². The van der Waals surface area contributed by atoms with Crippen LogP contribution in [0.5, 0.6) is 11.5 Å². The van der Waals surface area contributed by atoms with Crippen LogP contribution in [0, 0.1) is 0 Å². The fourth-order valence-corrected chi connectivity index (χ4v) is 1.33. The smallest absolute Gasteiger partial charge is 0.258 e. The number of hydrogen-bond acceptors (Lipinski definition) is 6. The molecule has 0 aliphatic heterocycles. The molecular formula is C12H14N2O4. The Morgan fingerprint density at radius 2 is 1.94 bits per heavy atom. The molecule has 2 rings (SSSR count). The molecule has 96 valence electrons. The Morgan fingerprint density at radius 3 is 2.56 bits per heavy atom. The van der Waals surface area contributed by atoms with Crippen molar-refractivity contribution in [2.45, 2.75) is 19.4 Å². The average molecular weight is 250 g/mol. The average Bonchev–Trinajstić information content (AvgIpc) is 2.83. The summed E-state index contributed by atoms with van der Waals surface area (Å²) in [5.74, 6) is 0.229. The maximum absolute atomic E-state index is 9.41. The molecule has 6 nitrogen and oxygen atoms in total. The second-order valence-corrected chi connectivity index (χ2v) is 4.34. The van der Waals surface area contributed by atoms with E-state index in [-0.39, 0.29) is 17.4 Å². The Hall–Kier alpha value is -2.08. The third-order valence-corrected chi connectivity index (χ3v) is 2.70. The van der Waals surface area contributed by atoms with Crippen molar-refractivity contribution in [3.05, 3.63) is 24.0 Å². The van der Waals surface area contributed by atoms with Crippen LogP contribution in [0.3, 0.4) is 0 Å². The van der Waals surface area contributed by atoms with Crippen molar-refractivity contribution in [1.82, 2.24) is 10.1 Å². The molecule has 0 atom stereocenters. The van der Waals surface area contributed by atoms with E-state index in [1.165, 1.54) is 12.1 Å². The summed E-state index contributed by atoms with van der Waals surface area (Å²) in [5.41, 5.74) is -0.128. The molecule has 0 aliphatic carbocycles. The quantitative estimate of drug-likeness (QED) is 0.810. The SMILES string of the molecule is COC(C)(C)c1noc(-c2ccc(O)c(O)c2)n1. The molecule has 0 fully saturated rings. The van der Waals surface area contributed by atoms with Gasteiger partial charge in [-0.1, -0.05) is 5.16 Å². The van der Waals surface area contributed by atoms with Crippen LogP contribution < -0.4 is 0 Å². The van der Waals surface area contributed by atoms with Gasteiger partial charge in [-0.05, 0) is 32.0 Å². The highest BCUT2D eigenvalue weighted by Gasteiger charge is 2.26. The minimum atomic E-state index is -0.652. The van der Waals surface area contributed by atoms with Crippen molar-refractivity contribution < 1.29 is 19.5 Å². The number of benzene rings is 1. The molecule has 1 aromatic heterocycles. The second kappa shape index (κ2) is 4.30. The maximum atomic E-state index is 9.41. The van der Waals surface area contributed by atoms with Crippen molar-refractivity contribution in [3.63, 3.8) is 0 Å². The van der Waals surface area contributed by atoms with E-state index in [0.29, 0.717) is 11.4 Å². The molecule has 0 amide bonds. The maximum Gasteiger partial charge on any atom is 0.258 e. The number of phenols is 2. The molecule has 1 aromatic carbocycles. The van der Waals surface area contributed by atoms with Gasteiger partial charge in [-0.25, -0.2) is 0 Å². The molecule has 1 heterocycles. The summed E-state index contributed by atoms with van der Waals surface area (Å²) < 4.78 is 10.3. The van der Waals surface area contributed by atoms with Gasteiger partial charge >= 0.3 is 0 Å². The number of phenolic OH excluding ortho intramolecular Hbond substituents is 2. The van der Waals surface area contributed by atoms with Crippen molar-refractivity contribution in [3.8, 4) is 23.0 Å². The van der Waals surface area contributed by atoms with E-state index < -0.39 is 5.60 Å². The van der Waals surface area contributed by atoms with Gasteiger partial charge in [0.25, 0.3) is 5.89 Å². The molecule has 0 saturated carbocycles. The van der Waals surface area contributed by atoms with E-state index in [2.05, 4.69) is 10.1 Å². The molecule has 0 bridgehead atoms. The number of methoxy groups -OCH3 is 1. The third kappa shape index (κ3) is 2.14. The summed E-state index contributed by atoms with van der Waals surface area (Å²) in [6, 6.07) is 4.29. The second-order valence-electron chi connectivity index (χ2n) is 4.34. The van der Waals surface area contributed by atoms with E-state index in [9.17, 15) is 10.2 Å². The van der Waals surface area contributed by atoms with Crippen LogP contribution in [0.2, 0.25) is 0 Å². The summed E-state index contributed by atoms with van der Waals surface area (Å²) in [6.45, 7) is 3.63. The Balaban J connectivity index is 2.38. The molecular weight excluding hydrogens is 236 g/mol. The van der Waals surface area contributed by atoms with Crippen LogP contribution in [0.25, 0.3) is 11.5 Å². The summed E-state index contributed by atoms with van der Waals surface area (Å²) in [7, 11) is 1.56. The lowest BCUT2D eigenvalue weighted by atomic mass is 10.1. The number of aromatic hydroxyl groups is 2. The molecule has 2 aromatic rings. The topological polar surface area (TPSA) is 88.6 Å². The lowest BCUT2D eigenvalue weighted by Crippen LogP contribution is -2.21. The highest BCUT2D eigenvalue weighted by atomic mass is 16.5. The molecule has 0 unspecified atom stereocenters. The van der Waals surface area contributed by atoms with Gasteiger partial charge in [0.1, 0.15) is 5.60 Å². The van der Waals surface area contributed by atoms with Gasteiger partial charge < -0.3 is 19.5 Å². The van der Waals surface area contributed by atoms with E-state index in [1.807, 2.05) is 13.8 Å². The normalized spacial score (nSPS) is 11.7. The number of rotatable bonds is 3. The Bertz CT molecular complexity index is 563. The van der Waals surface area contributed by atoms with Crippen molar-refractivity contribution in [1.29, 1.82) is 0 Å². The largest absolute Gasteiger partial charge is 0.504 e. The van der Waals surface area contributed by atoms with Crippen LogP contribution in [-0.2, 0) is 10.3 Å². The fraction of sp³-hybridized carbons (Fsp3) is 0.333. The Kier molecular flexibility index (Phi) is 2.96. The summed E-state index contributed by atoms with van der Waals surface area (Å²) in [5, 5.41) is 22.5. The molecule has 18 heavy (non-hydrogen) atoms. The molecule has 0 radical (unpaired) electrons. The molecule has 6 heteroatoms. The first-order valence-electron chi connectivity index (χ1n) is 5.36. The Labute approximate surface area is 104 Å². The first-order chi connectivity index (χ1) is 8.44. The number of ether oxygens (including phenoxy) is 1. The van der Waals surface area contributed by atoms with Crippen molar-refractivity contribution >= 4 is 0 Å². The predicted molar refractivity (Wildman–Crippen MR) is 63.1 cm³/mol. The zero-order valence-corrected chi connectivity index (χ0v) is 10.3. The monoisotopic (exact) mass is 250 g/mol. The number of nitrogens with zero attached hydrogens (tertiary/aromatic N) is 2. The van der Waals surface area contributed by atoms with Crippen LogP contribution in [0.4, 0.5) is 0 Å². The lowest BCUT2D eigenvalue weighted by Gasteiger charge is -2.17. The lowest BCUT2D eigenvalue weighted by molar-refractivity contribution is 0.00973. The van der Waals surface area contributed by atoms with Crippen molar-refractivity contribution in [2.24, 2.45) is 0 Å². The van der Waals surface area contributed by atoms with Gasteiger partial charge in [0.15, 0.2) is 11.5 Å². The summed E-state index contributed by atoms with van der Waals surface area (Å²) in [6.07, 6.45) is 0. The number of aromatic nitrogens is 2. The zero-order chi connectivity index (χ0) is 13.3. The minimum Gasteiger partial charge on any atom is -0.504 e. The van der Waals surface area contributed by atoms with E-state index >= 15 is 0 Å². The predicted octanol–water partition coefficient (Wildman–Crippen LogP) is 2.03. The van der Waals surface area contributed by atoms with Gasteiger partial charge in [0, 0.05) is 12.7 Å². The zero-order valence-electron chi connectivity index (χ0n) is 10.3. The molecule has 0 spiro atoms. The van der Waals surface area contributed by atoms with Crippen LogP contribution in [0.1, 0.15) is 19.7 Å². The highest BCUT2D eigenvalue weighted by Crippen LogP contribution is 2.31. The van der Waals surface area contributed by atoms with E-state index in [0.717, 1.165) is 0 Å². The van der Waals surface area contributed by atoms with E-state index in [4.69, 9.17) is 9.26 Å². The first kappa shape index (κ1) is 12.4. The molecule has 0 aliphatic rings. The molecule has 2 N–H and O–H groups in total. The van der Waals surface area contributed by atoms with Crippen molar-refractivity contribution in [2.75, 3.05) is 7.11 Å². The molecule has 0 saturated heterocycles. The summed E-state index contributed by atoms with van der Waals surface area (Å²) >= 11 is 0. The standard InChI is InChI=1S/C12H14N2O4/c1-12(2,17-3)11-13-10(18-14-11)7-4-5-8(15)9(16)6-7/h4-6,15-16H,1-3H3. The van der Waals surface area contributed by atoms with Crippen LogP contribution >= 0.6 is 0 Å². The summed E-state index contributed by atoms with van der Waals surface area (Å²) in [4.78, 5) is 4.20. The van der Waals surface area contributed by atoms with Gasteiger partial charge in [0.2, 0.25) is 5.82 Å². The third-order valence-electron chi connectivity index (χ3n) is 2.70. The van der Waals surface area contributed by atoms with Gasteiger partial charge in [-0.3, -0.25) is 0 Å². The minimum absolute atomic E-state index is 0.198. The highest BCUT2D eigenvalue weighted by molar-refractivity contribution is 5.58. The number of hydrogen-bond donors (Lipinski definition) is 2. The van der Waals surface area contributed by atoms with Crippen LogP contribution in [0.15, 0.2) is 22.7 Å².